The zero-order valence-corrected chi connectivity index (χ0v) is 12.0. The molecular weight excluding hydrogens is 232 g/mol. The van der Waals surface area contributed by atoms with Crippen molar-refractivity contribution in [3.05, 3.63) is 0 Å². The van der Waals surface area contributed by atoms with E-state index in [1.165, 1.54) is 0 Å². The molecule has 0 radical (unpaired) electrons. The first-order chi connectivity index (χ1) is 8.33. The molecule has 1 aliphatic rings. The normalized spacial score (nSPS) is 19.3. The minimum atomic E-state index is -0.680. The second kappa shape index (κ2) is 5.26. The minimum Gasteiger partial charge on any atom is -0.379 e. The lowest BCUT2D eigenvalue weighted by Gasteiger charge is -2.35. The van der Waals surface area contributed by atoms with Crippen molar-refractivity contribution in [2.24, 2.45) is 0 Å². The van der Waals surface area contributed by atoms with E-state index in [2.05, 4.69) is 5.32 Å². The zero-order valence-electron chi connectivity index (χ0n) is 12.0. The predicted octanol–water partition coefficient (Wildman–Crippen LogP) is 1.91. The fourth-order valence-electron chi connectivity index (χ4n) is 2.35. The van der Waals surface area contributed by atoms with Gasteiger partial charge in [0.15, 0.2) is 0 Å². The largest absolute Gasteiger partial charge is 0.379 e. The Bertz CT molecular complexity index is 335. The Morgan fingerprint density at radius 2 is 1.83 bits per heavy atom. The van der Waals surface area contributed by atoms with Crippen LogP contribution in [-0.4, -0.2) is 41.6 Å². The maximum atomic E-state index is 12.0. The standard InChI is InChI=1S/C13H24N2O3/c1-6-13(7-2)10(16)14-11(17)15(13)9-8-12(3,4)18-5/h6-9H2,1-5H3,(H,14,16,17). The lowest BCUT2D eigenvalue weighted by molar-refractivity contribution is -0.127. The lowest BCUT2D eigenvalue weighted by atomic mass is 9.90. The molecule has 1 N–H and O–H groups in total. The molecule has 1 saturated heterocycles. The van der Waals surface area contributed by atoms with Gasteiger partial charge >= 0.3 is 6.03 Å². The van der Waals surface area contributed by atoms with Crippen LogP contribution in [0.4, 0.5) is 4.79 Å². The molecule has 1 rings (SSSR count). The van der Waals surface area contributed by atoms with Crippen LogP contribution in [0, 0.1) is 0 Å². The fourth-order valence-corrected chi connectivity index (χ4v) is 2.35. The Balaban J connectivity index is 2.84. The molecule has 0 unspecified atom stereocenters. The Morgan fingerprint density at radius 1 is 1.28 bits per heavy atom. The van der Waals surface area contributed by atoms with Crippen molar-refractivity contribution < 1.29 is 14.3 Å². The third-order valence-corrected chi connectivity index (χ3v) is 4.06. The van der Waals surface area contributed by atoms with Gasteiger partial charge in [-0.05, 0) is 33.1 Å². The summed E-state index contributed by atoms with van der Waals surface area (Å²) in [5.41, 5.74) is -0.972. The summed E-state index contributed by atoms with van der Waals surface area (Å²) < 4.78 is 5.35. The van der Waals surface area contributed by atoms with Crippen molar-refractivity contribution >= 4 is 11.9 Å². The summed E-state index contributed by atoms with van der Waals surface area (Å²) in [5.74, 6) is -0.173. The molecule has 0 spiro atoms. The van der Waals surface area contributed by atoms with Crippen LogP contribution in [0.15, 0.2) is 0 Å². The average molecular weight is 256 g/mol. The molecule has 1 heterocycles. The summed E-state index contributed by atoms with van der Waals surface area (Å²) in [4.78, 5) is 25.5. The molecule has 0 aromatic carbocycles. The summed E-state index contributed by atoms with van der Waals surface area (Å²) in [6.45, 7) is 8.36. The van der Waals surface area contributed by atoms with E-state index in [0.717, 1.165) is 0 Å². The van der Waals surface area contributed by atoms with Crippen LogP contribution in [0.1, 0.15) is 47.0 Å². The second-order valence-corrected chi connectivity index (χ2v) is 5.36. The lowest BCUT2D eigenvalue weighted by Crippen LogP contribution is -2.50. The summed E-state index contributed by atoms with van der Waals surface area (Å²) in [6, 6.07) is -0.282. The van der Waals surface area contributed by atoms with Gasteiger partial charge in [0.1, 0.15) is 5.54 Å². The number of hydrogen-bond acceptors (Lipinski definition) is 3. The quantitative estimate of drug-likeness (QED) is 0.739. The highest BCUT2D eigenvalue weighted by atomic mass is 16.5. The maximum absolute atomic E-state index is 12.0. The summed E-state index contributed by atoms with van der Waals surface area (Å²) in [6.07, 6.45) is 1.97. The number of amides is 3. The van der Waals surface area contributed by atoms with E-state index in [0.29, 0.717) is 25.8 Å². The van der Waals surface area contributed by atoms with E-state index in [4.69, 9.17) is 4.74 Å². The Labute approximate surface area is 109 Å². The number of hydrogen-bond donors (Lipinski definition) is 1. The molecule has 5 heteroatoms. The van der Waals surface area contributed by atoms with Gasteiger partial charge in [-0.25, -0.2) is 4.79 Å². The minimum absolute atomic E-state index is 0.173. The predicted molar refractivity (Wildman–Crippen MR) is 69.3 cm³/mol. The van der Waals surface area contributed by atoms with Gasteiger partial charge in [-0.1, -0.05) is 13.8 Å². The Morgan fingerprint density at radius 3 is 2.28 bits per heavy atom. The molecule has 18 heavy (non-hydrogen) atoms. The fraction of sp³-hybridized carbons (Fsp3) is 0.846. The van der Waals surface area contributed by atoms with Gasteiger partial charge in [0.05, 0.1) is 5.60 Å². The van der Waals surface area contributed by atoms with Crippen LogP contribution >= 0.6 is 0 Å². The number of nitrogens with zero attached hydrogens (tertiary/aromatic N) is 1. The summed E-state index contributed by atoms with van der Waals surface area (Å²) >= 11 is 0. The summed E-state index contributed by atoms with van der Waals surface area (Å²) in [7, 11) is 1.65. The van der Waals surface area contributed by atoms with Crippen LogP contribution in [0.25, 0.3) is 0 Å². The van der Waals surface area contributed by atoms with Gasteiger partial charge in [0, 0.05) is 13.7 Å². The van der Waals surface area contributed by atoms with Gasteiger partial charge in [-0.2, -0.15) is 0 Å². The highest BCUT2D eigenvalue weighted by Crippen LogP contribution is 2.30. The second-order valence-electron chi connectivity index (χ2n) is 5.36. The number of methoxy groups -OCH3 is 1. The molecular formula is C13H24N2O3. The van der Waals surface area contributed by atoms with Crippen LogP contribution in [0.3, 0.4) is 0 Å². The number of carbonyl (C=O) groups excluding carboxylic acids is 2. The number of ether oxygens (including phenoxy) is 1. The SMILES string of the molecule is CCC1(CC)C(=O)NC(=O)N1CCC(C)(C)OC. The van der Waals surface area contributed by atoms with Crippen molar-refractivity contribution in [2.75, 3.05) is 13.7 Å². The van der Waals surface area contributed by atoms with E-state index < -0.39 is 5.54 Å². The van der Waals surface area contributed by atoms with Crippen LogP contribution in [-0.2, 0) is 9.53 Å². The van der Waals surface area contributed by atoms with Crippen molar-refractivity contribution in [1.29, 1.82) is 0 Å². The van der Waals surface area contributed by atoms with Crippen molar-refractivity contribution in [3.8, 4) is 0 Å². The van der Waals surface area contributed by atoms with E-state index in [9.17, 15) is 9.59 Å². The Kier molecular flexibility index (Phi) is 4.37. The van der Waals surface area contributed by atoms with Crippen LogP contribution in [0.5, 0.6) is 0 Å². The Hall–Kier alpha value is -1.10. The van der Waals surface area contributed by atoms with E-state index in [-0.39, 0.29) is 17.5 Å². The monoisotopic (exact) mass is 256 g/mol. The molecule has 0 bridgehead atoms. The molecule has 5 nitrogen and oxygen atoms in total. The molecule has 0 saturated carbocycles. The number of nitrogens with one attached hydrogen (secondary N) is 1. The number of carbonyl (C=O) groups is 2. The van der Waals surface area contributed by atoms with Gasteiger partial charge in [-0.3, -0.25) is 10.1 Å². The highest BCUT2D eigenvalue weighted by molar-refractivity contribution is 6.06. The van der Waals surface area contributed by atoms with Crippen LogP contribution < -0.4 is 5.32 Å². The van der Waals surface area contributed by atoms with Gasteiger partial charge < -0.3 is 9.64 Å². The smallest absolute Gasteiger partial charge is 0.325 e. The number of rotatable bonds is 6. The molecule has 0 atom stereocenters. The van der Waals surface area contributed by atoms with Crippen LogP contribution in [0.2, 0.25) is 0 Å². The third-order valence-electron chi connectivity index (χ3n) is 4.06. The molecule has 0 aromatic rings. The molecule has 1 aliphatic heterocycles. The molecule has 0 aromatic heterocycles. The zero-order chi connectivity index (χ0) is 14.0. The highest BCUT2D eigenvalue weighted by Gasteiger charge is 2.50. The summed E-state index contributed by atoms with van der Waals surface area (Å²) in [5, 5.41) is 2.42. The first kappa shape index (κ1) is 15.0. The van der Waals surface area contributed by atoms with Crippen molar-refractivity contribution in [2.45, 2.75) is 58.1 Å². The topological polar surface area (TPSA) is 58.6 Å². The van der Waals surface area contributed by atoms with E-state index >= 15 is 0 Å². The first-order valence-electron chi connectivity index (χ1n) is 6.51. The molecule has 0 aliphatic carbocycles. The van der Waals surface area contributed by atoms with E-state index in [1.54, 1.807) is 12.0 Å². The molecule has 1 fully saturated rings. The third kappa shape index (κ3) is 2.51. The van der Waals surface area contributed by atoms with Crippen molar-refractivity contribution in [3.63, 3.8) is 0 Å². The average Bonchev–Trinajstić information content (AvgIpc) is 2.58. The van der Waals surface area contributed by atoms with Crippen molar-refractivity contribution in [1.82, 2.24) is 10.2 Å². The van der Waals surface area contributed by atoms with Gasteiger partial charge in [-0.15, -0.1) is 0 Å². The molecule has 3 amide bonds. The van der Waals surface area contributed by atoms with Gasteiger partial charge in [0.25, 0.3) is 5.91 Å². The number of urea groups is 1. The van der Waals surface area contributed by atoms with Gasteiger partial charge in [0.2, 0.25) is 0 Å². The molecule has 104 valence electrons. The number of imide groups is 1. The van der Waals surface area contributed by atoms with E-state index in [1.807, 2.05) is 27.7 Å². The first-order valence-corrected chi connectivity index (χ1v) is 6.51. The maximum Gasteiger partial charge on any atom is 0.325 e.